The van der Waals surface area contributed by atoms with Gasteiger partial charge in [0.15, 0.2) is 0 Å². The third-order valence-electron chi connectivity index (χ3n) is 2.30. The zero-order chi connectivity index (χ0) is 12.8. The van der Waals surface area contributed by atoms with Gasteiger partial charge >= 0.3 is 0 Å². The van der Waals surface area contributed by atoms with E-state index in [1.807, 2.05) is 0 Å². The Morgan fingerprint density at radius 2 is 2.11 bits per heavy atom. The molecule has 0 saturated carbocycles. The van der Waals surface area contributed by atoms with Crippen LogP contribution in [0, 0.1) is 0 Å². The summed E-state index contributed by atoms with van der Waals surface area (Å²) in [7, 11) is -3.73. The minimum atomic E-state index is -3.73. The van der Waals surface area contributed by atoms with E-state index < -0.39 is 10.0 Å². The second kappa shape index (κ2) is 4.11. The Balaban J connectivity index is 2.29. The van der Waals surface area contributed by atoms with E-state index in [9.17, 15) is 8.42 Å². The van der Waals surface area contributed by atoms with Gasteiger partial charge in [0.05, 0.1) is 28.6 Å². The van der Waals surface area contributed by atoms with Gasteiger partial charge in [-0.25, -0.2) is 0 Å². The molecule has 0 aliphatic rings. The Morgan fingerprint density at radius 1 is 1.28 bits per heavy atom. The zero-order valence-corrected chi connectivity index (χ0v) is 11.9. The molecule has 0 spiro atoms. The maximum absolute atomic E-state index is 12.4. The third kappa shape index (κ3) is 1.74. The number of hydrogen-bond donors (Lipinski definition) is 0. The van der Waals surface area contributed by atoms with E-state index in [-0.39, 0.29) is 4.90 Å². The molecular formula is C9H5BrN4O2S2. The van der Waals surface area contributed by atoms with Gasteiger partial charge in [-0.05, 0) is 28.1 Å². The van der Waals surface area contributed by atoms with Gasteiger partial charge in [0, 0.05) is 0 Å². The molecule has 0 atom stereocenters. The van der Waals surface area contributed by atoms with Crippen molar-refractivity contribution in [1.82, 2.24) is 17.9 Å². The van der Waals surface area contributed by atoms with Crippen molar-refractivity contribution in [3.63, 3.8) is 0 Å². The molecule has 0 saturated heterocycles. The minimum absolute atomic E-state index is 0.101. The number of benzene rings is 1. The van der Waals surface area contributed by atoms with Crippen LogP contribution in [0.25, 0.3) is 11.0 Å². The molecule has 3 rings (SSSR count). The van der Waals surface area contributed by atoms with Crippen LogP contribution in [0.5, 0.6) is 0 Å². The lowest BCUT2D eigenvalue weighted by atomic mass is 10.3. The van der Waals surface area contributed by atoms with E-state index in [0.717, 1.165) is 15.8 Å². The van der Waals surface area contributed by atoms with Gasteiger partial charge in [-0.3, -0.25) is 0 Å². The summed E-state index contributed by atoms with van der Waals surface area (Å²) in [5.74, 6) is 0. The van der Waals surface area contributed by atoms with Crippen molar-refractivity contribution >= 4 is 48.7 Å². The second-order valence-electron chi connectivity index (χ2n) is 3.42. The van der Waals surface area contributed by atoms with E-state index >= 15 is 0 Å². The fourth-order valence-electron chi connectivity index (χ4n) is 1.51. The lowest BCUT2D eigenvalue weighted by Gasteiger charge is -2.03. The van der Waals surface area contributed by atoms with Crippen molar-refractivity contribution in [2.45, 2.75) is 4.90 Å². The van der Waals surface area contributed by atoms with E-state index in [4.69, 9.17) is 0 Å². The lowest BCUT2D eigenvalue weighted by Crippen LogP contribution is -2.13. The van der Waals surface area contributed by atoms with Gasteiger partial charge in [0.1, 0.15) is 15.9 Å². The molecule has 0 aliphatic carbocycles. The van der Waals surface area contributed by atoms with Crippen molar-refractivity contribution in [3.05, 3.63) is 35.1 Å². The highest BCUT2D eigenvalue weighted by atomic mass is 79.9. The van der Waals surface area contributed by atoms with Crippen molar-refractivity contribution < 1.29 is 8.42 Å². The summed E-state index contributed by atoms with van der Waals surface area (Å²) in [6.07, 6.45) is 2.80. The number of aromatic nitrogens is 4. The maximum Gasteiger partial charge on any atom is 0.285 e. The summed E-state index contributed by atoms with van der Waals surface area (Å²) in [5, 5.41) is 3.79. The molecule has 0 amide bonds. The monoisotopic (exact) mass is 344 g/mol. The van der Waals surface area contributed by atoms with Crippen LogP contribution in [0.3, 0.4) is 0 Å². The Hall–Kier alpha value is -1.32. The van der Waals surface area contributed by atoms with E-state index in [1.54, 1.807) is 12.1 Å². The highest BCUT2D eigenvalue weighted by Crippen LogP contribution is 2.23. The van der Waals surface area contributed by atoms with Crippen LogP contribution in [0.2, 0.25) is 0 Å². The largest absolute Gasteiger partial charge is 0.285 e. The molecule has 0 unspecified atom stereocenters. The Morgan fingerprint density at radius 3 is 2.83 bits per heavy atom. The molecule has 9 heteroatoms. The van der Waals surface area contributed by atoms with E-state index in [1.165, 1.54) is 18.5 Å². The van der Waals surface area contributed by atoms with Crippen LogP contribution in [0.4, 0.5) is 0 Å². The molecular weight excluding hydrogens is 340 g/mol. The predicted octanol–water partition coefficient (Wildman–Crippen LogP) is 1.89. The first-order valence-corrected chi connectivity index (χ1v) is 7.72. The molecule has 0 N–H and O–H groups in total. The molecule has 1 aromatic carbocycles. The van der Waals surface area contributed by atoms with Crippen molar-refractivity contribution in [2.75, 3.05) is 0 Å². The predicted molar refractivity (Wildman–Crippen MR) is 69.9 cm³/mol. The normalized spacial score (nSPS) is 12.1. The summed E-state index contributed by atoms with van der Waals surface area (Å²) in [6, 6.07) is 4.85. The fourth-order valence-corrected chi connectivity index (χ4v) is 3.80. The van der Waals surface area contributed by atoms with Crippen LogP contribution >= 0.6 is 27.7 Å². The average molecular weight is 345 g/mol. The topological polar surface area (TPSA) is 77.7 Å². The first kappa shape index (κ1) is 11.8. The summed E-state index contributed by atoms with van der Waals surface area (Å²) in [4.78, 5) is 0.101. The number of fused-ring (bicyclic) bond motifs is 1. The van der Waals surface area contributed by atoms with Crippen molar-refractivity contribution in [3.8, 4) is 0 Å². The molecule has 2 heterocycles. The standard InChI is InChI=1S/C9H5BrN4O2S2/c10-6-4-11-14(5-6)18(15,16)8-3-1-2-7-9(8)13-17-12-7/h1-5H. The van der Waals surface area contributed by atoms with Crippen LogP contribution in [0.1, 0.15) is 0 Å². The maximum atomic E-state index is 12.4. The summed E-state index contributed by atoms with van der Waals surface area (Å²) < 4.78 is 34.3. The van der Waals surface area contributed by atoms with Crippen molar-refractivity contribution in [1.29, 1.82) is 0 Å². The quantitative estimate of drug-likeness (QED) is 0.709. The molecule has 0 radical (unpaired) electrons. The minimum Gasteiger partial charge on any atom is -0.199 e. The summed E-state index contributed by atoms with van der Waals surface area (Å²) in [6.45, 7) is 0. The van der Waals surface area contributed by atoms with Gasteiger partial charge in [0.2, 0.25) is 0 Å². The van der Waals surface area contributed by atoms with Crippen LogP contribution < -0.4 is 0 Å². The molecule has 0 fully saturated rings. The first-order chi connectivity index (χ1) is 8.59. The summed E-state index contributed by atoms with van der Waals surface area (Å²) in [5.41, 5.74) is 0.932. The fraction of sp³-hybridized carbons (Fsp3) is 0. The SMILES string of the molecule is O=S(=O)(c1cccc2nsnc12)n1cc(Br)cn1. The highest BCUT2D eigenvalue weighted by molar-refractivity contribution is 9.10. The van der Waals surface area contributed by atoms with E-state index in [0.29, 0.717) is 15.5 Å². The van der Waals surface area contributed by atoms with Gasteiger partial charge < -0.3 is 0 Å². The number of halogens is 1. The zero-order valence-electron chi connectivity index (χ0n) is 8.69. The lowest BCUT2D eigenvalue weighted by molar-refractivity contribution is 0.581. The molecule has 0 bridgehead atoms. The third-order valence-corrected chi connectivity index (χ3v) is 4.83. The molecule has 0 aliphatic heterocycles. The smallest absolute Gasteiger partial charge is 0.199 e. The van der Waals surface area contributed by atoms with Gasteiger partial charge in [0.25, 0.3) is 10.0 Å². The highest BCUT2D eigenvalue weighted by Gasteiger charge is 2.22. The van der Waals surface area contributed by atoms with Gasteiger partial charge in [-0.1, -0.05) is 6.07 Å². The van der Waals surface area contributed by atoms with Crippen molar-refractivity contribution in [2.24, 2.45) is 0 Å². The van der Waals surface area contributed by atoms with Crippen LogP contribution in [-0.4, -0.2) is 26.4 Å². The molecule has 3 aromatic rings. The Kier molecular flexibility index (Phi) is 2.68. The Labute approximate surface area is 115 Å². The molecule has 18 heavy (non-hydrogen) atoms. The van der Waals surface area contributed by atoms with E-state index in [2.05, 4.69) is 29.8 Å². The van der Waals surface area contributed by atoms with Crippen LogP contribution in [-0.2, 0) is 10.0 Å². The molecule has 92 valence electrons. The number of hydrogen-bond acceptors (Lipinski definition) is 6. The summed E-state index contributed by atoms with van der Waals surface area (Å²) >= 11 is 4.15. The van der Waals surface area contributed by atoms with Gasteiger partial charge in [-0.15, -0.1) is 0 Å². The van der Waals surface area contributed by atoms with Gasteiger partial charge in [-0.2, -0.15) is 26.4 Å². The molecule has 6 nitrogen and oxygen atoms in total. The second-order valence-corrected chi connectivity index (χ2v) is 6.63. The molecule has 2 aromatic heterocycles. The average Bonchev–Trinajstić information content (AvgIpc) is 2.96. The number of rotatable bonds is 2. The first-order valence-electron chi connectivity index (χ1n) is 4.76. The number of nitrogens with zero attached hydrogens (tertiary/aromatic N) is 4. The Bertz CT molecular complexity index is 824. The van der Waals surface area contributed by atoms with Crippen LogP contribution in [0.15, 0.2) is 40.0 Å².